The fourth-order valence-electron chi connectivity index (χ4n) is 1.24. The Balaban J connectivity index is 2.21. The maximum Gasteiger partial charge on any atom is 0.0614 e. The average molecular weight is 126 g/mol. The molecule has 1 heterocycles. The van der Waals surface area contributed by atoms with Crippen molar-refractivity contribution < 1.29 is 4.74 Å². The topological polar surface area (TPSA) is 9.23 Å². The fourth-order valence-corrected chi connectivity index (χ4v) is 1.24. The molecule has 1 saturated heterocycles. The standard InChI is InChI=1S/C8H14O/c1-3-4-8-6-5-7(2)9-8/h3,7-8H,1,4-6H2,2H3/t7-,8+/m0/s1. The quantitative estimate of drug-likeness (QED) is 0.515. The van der Waals surface area contributed by atoms with Crippen LogP contribution in [0.3, 0.4) is 0 Å². The molecule has 0 bridgehead atoms. The molecule has 0 spiro atoms. The summed E-state index contributed by atoms with van der Waals surface area (Å²) in [5.41, 5.74) is 0. The van der Waals surface area contributed by atoms with Crippen LogP contribution in [-0.2, 0) is 4.74 Å². The molecule has 0 radical (unpaired) electrons. The average Bonchev–Trinajstić information content (AvgIpc) is 2.17. The second-order valence-corrected chi connectivity index (χ2v) is 2.67. The van der Waals surface area contributed by atoms with Crippen molar-refractivity contribution in [2.45, 2.75) is 38.4 Å². The van der Waals surface area contributed by atoms with Gasteiger partial charge in [-0.05, 0) is 26.2 Å². The predicted molar refractivity (Wildman–Crippen MR) is 38.4 cm³/mol. The molecular weight excluding hydrogens is 112 g/mol. The molecule has 1 aliphatic rings. The molecule has 0 unspecified atom stereocenters. The Morgan fingerprint density at radius 1 is 1.67 bits per heavy atom. The van der Waals surface area contributed by atoms with Crippen molar-refractivity contribution in [1.29, 1.82) is 0 Å². The molecule has 0 aliphatic carbocycles. The molecule has 1 fully saturated rings. The van der Waals surface area contributed by atoms with Gasteiger partial charge in [-0.15, -0.1) is 6.58 Å². The Bertz CT molecular complexity index is 98.7. The van der Waals surface area contributed by atoms with Crippen LogP contribution in [0.5, 0.6) is 0 Å². The van der Waals surface area contributed by atoms with Crippen molar-refractivity contribution in [3.05, 3.63) is 12.7 Å². The second kappa shape index (κ2) is 3.02. The third-order valence-electron chi connectivity index (χ3n) is 1.75. The lowest BCUT2D eigenvalue weighted by Crippen LogP contribution is -2.05. The zero-order chi connectivity index (χ0) is 6.69. The van der Waals surface area contributed by atoms with Crippen molar-refractivity contribution in [3.8, 4) is 0 Å². The summed E-state index contributed by atoms with van der Waals surface area (Å²) in [6.45, 7) is 5.80. The summed E-state index contributed by atoms with van der Waals surface area (Å²) in [6.07, 6.45) is 6.34. The summed E-state index contributed by atoms with van der Waals surface area (Å²) >= 11 is 0. The van der Waals surface area contributed by atoms with Gasteiger partial charge in [0, 0.05) is 0 Å². The molecule has 2 atom stereocenters. The molecule has 1 heteroatoms. The van der Waals surface area contributed by atoms with E-state index in [-0.39, 0.29) is 0 Å². The molecule has 0 aromatic carbocycles. The van der Waals surface area contributed by atoms with E-state index in [9.17, 15) is 0 Å². The monoisotopic (exact) mass is 126 g/mol. The zero-order valence-corrected chi connectivity index (χ0v) is 5.97. The molecule has 1 rings (SSSR count). The Kier molecular flexibility index (Phi) is 2.29. The lowest BCUT2D eigenvalue weighted by molar-refractivity contribution is 0.0580. The van der Waals surface area contributed by atoms with Crippen molar-refractivity contribution in [3.63, 3.8) is 0 Å². The van der Waals surface area contributed by atoms with Crippen LogP contribution in [0.4, 0.5) is 0 Å². The minimum absolute atomic E-state index is 0.470. The second-order valence-electron chi connectivity index (χ2n) is 2.67. The smallest absolute Gasteiger partial charge is 0.0614 e. The molecule has 1 aliphatic heterocycles. The summed E-state index contributed by atoms with van der Waals surface area (Å²) in [6, 6.07) is 0. The van der Waals surface area contributed by atoms with Gasteiger partial charge in [-0.1, -0.05) is 6.08 Å². The summed E-state index contributed by atoms with van der Waals surface area (Å²) in [4.78, 5) is 0. The van der Waals surface area contributed by atoms with Crippen molar-refractivity contribution in [2.75, 3.05) is 0 Å². The highest BCUT2D eigenvalue weighted by Crippen LogP contribution is 2.21. The summed E-state index contributed by atoms with van der Waals surface area (Å²) < 4.78 is 5.53. The third kappa shape index (κ3) is 1.83. The molecule has 0 N–H and O–H groups in total. The van der Waals surface area contributed by atoms with Crippen LogP contribution < -0.4 is 0 Å². The first-order valence-corrected chi connectivity index (χ1v) is 3.59. The summed E-state index contributed by atoms with van der Waals surface area (Å²) in [5, 5.41) is 0. The van der Waals surface area contributed by atoms with Crippen LogP contribution in [0.1, 0.15) is 26.2 Å². The van der Waals surface area contributed by atoms with E-state index in [2.05, 4.69) is 13.5 Å². The molecule has 1 nitrogen and oxygen atoms in total. The molecule has 9 heavy (non-hydrogen) atoms. The molecule has 52 valence electrons. The first-order chi connectivity index (χ1) is 4.33. The van der Waals surface area contributed by atoms with Gasteiger partial charge in [-0.25, -0.2) is 0 Å². The minimum Gasteiger partial charge on any atom is -0.375 e. The van der Waals surface area contributed by atoms with Gasteiger partial charge in [0.25, 0.3) is 0 Å². The summed E-state index contributed by atoms with van der Waals surface area (Å²) in [5.74, 6) is 0. The van der Waals surface area contributed by atoms with E-state index in [0.717, 1.165) is 6.42 Å². The molecule has 0 aromatic heterocycles. The Labute approximate surface area is 56.7 Å². The van der Waals surface area contributed by atoms with E-state index >= 15 is 0 Å². The molecule has 0 aromatic rings. The normalized spacial score (nSPS) is 34.8. The van der Waals surface area contributed by atoms with Crippen LogP contribution in [0, 0.1) is 0 Å². The van der Waals surface area contributed by atoms with E-state index in [4.69, 9.17) is 4.74 Å². The fraction of sp³-hybridized carbons (Fsp3) is 0.750. The van der Waals surface area contributed by atoms with Gasteiger partial charge in [-0.2, -0.15) is 0 Å². The van der Waals surface area contributed by atoms with Gasteiger partial charge in [0.2, 0.25) is 0 Å². The maximum atomic E-state index is 5.53. The Morgan fingerprint density at radius 2 is 2.44 bits per heavy atom. The Hall–Kier alpha value is -0.300. The van der Waals surface area contributed by atoms with Gasteiger partial charge in [0.05, 0.1) is 12.2 Å². The minimum atomic E-state index is 0.470. The van der Waals surface area contributed by atoms with E-state index in [1.165, 1.54) is 12.8 Å². The van der Waals surface area contributed by atoms with E-state index in [0.29, 0.717) is 12.2 Å². The van der Waals surface area contributed by atoms with Gasteiger partial charge in [0.15, 0.2) is 0 Å². The maximum absolute atomic E-state index is 5.53. The van der Waals surface area contributed by atoms with Crippen molar-refractivity contribution in [1.82, 2.24) is 0 Å². The van der Waals surface area contributed by atoms with Gasteiger partial charge >= 0.3 is 0 Å². The van der Waals surface area contributed by atoms with Crippen LogP contribution in [0.25, 0.3) is 0 Å². The van der Waals surface area contributed by atoms with E-state index in [1.807, 2.05) is 6.08 Å². The van der Waals surface area contributed by atoms with E-state index < -0.39 is 0 Å². The SMILES string of the molecule is C=CC[C@@H]1CC[C@H](C)O1. The Morgan fingerprint density at radius 3 is 2.89 bits per heavy atom. The number of hydrogen-bond donors (Lipinski definition) is 0. The van der Waals surface area contributed by atoms with Gasteiger partial charge in [-0.3, -0.25) is 0 Å². The zero-order valence-electron chi connectivity index (χ0n) is 5.97. The van der Waals surface area contributed by atoms with Crippen molar-refractivity contribution >= 4 is 0 Å². The number of hydrogen-bond acceptors (Lipinski definition) is 1. The lowest BCUT2D eigenvalue weighted by atomic mass is 10.1. The highest BCUT2D eigenvalue weighted by atomic mass is 16.5. The van der Waals surface area contributed by atoms with Crippen molar-refractivity contribution in [2.24, 2.45) is 0 Å². The highest BCUT2D eigenvalue weighted by Gasteiger charge is 2.19. The molecule has 0 saturated carbocycles. The number of ether oxygens (including phenoxy) is 1. The first kappa shape index (κ1) is 6.81. The van der Waals surface area contributed by atoms with E-state index in [1.54, 1.807) is 0 Å². The van der Waals surface area contributed by atoms with Crippen LogP contribution in [0.2, 0.25) is 0 Å². The largest absolute Gasteiger partial charge is 0.375 e. The first-order valence-electron chi connectivity index (χ1n) is 3.59. The predicted octanol–water partition coefficient (Wildman–Crippen LogP) is 2.13. The highest BCUT2D eigenvalue weighted by molar-refractivity contribution is 4.78. The van der Waals surface area contributed by atoms with Crippen LogP contribution in [-0.4, -0.2) is 12.2 Å². The summed E-state index contributed by atoms with van der Waals surface area (Å²) in [7, 11) is 0. The van der Waals surface area contributed by atoms with Crippen LogP contribution >= 0.6 is 0 Å². The van der Waals surface area contributed by atoms with Gasteiger partial charge < -0.3 is 4.74 Å². The molecular formula is C8H14O. The van der Waals surface area contributed by atoms with Gasteiger partial charge in [0.1, 0.15) is 0 Å². The number of rotatable bonds is 2. The van der Waals surface area contributed by atoms with Crippen LogP contribution in [0.15, 0.2) is 12.7 Å². The third-order valence-corrected chi connectivity index (χ3v) is 1.75. The molecule has 0 amide bonds. The lowest BCUT2D eigenvalue weighted by Gasteiger charge is -2.06.